The highest BCUT2D eigenvalue weighted by Crippen LogP contribution is 2.43. The minimum absolute atomic E-state index is 0.760. The molecule has 23 heavy (non-hydrogen) atoms. The fourth-order valence-electron chi connectivity index (χ4n) is 4.52. The van der Waals surface area contributed by atoms with Crippen LogP contribution in [0.2, 0.25) is 0 Å². The normalized spacial score (nSPS) is 16.1. The van der Waals surface area contributed by atoms with Crippen LogP contribution in [0.3, 0.4) is 0 Å². The molecule has 0 radical (unpaired) electrons. The number of rotatable bonds is 2. The zero-order valence-electron chi connectivity index (χ0n) is 15.2. The van der Waals surface area contributed by atoms with Crippen LogP contribution in [0.15, 0.2) is 29.3 Å². The largest absolute Gasteiger partial charge is 0.235 e. The van der Waals surface area contributed by atoms with Gasteiger partial charge < -0.3 is 0 Å². The van der Waals surface area contributed by atoms with E-state index < -0.39 is 0 Å². The monoisotopic (exact) mass is 307 g/mol. The summed E-state index contributed by atoms with van der Waals surface area (Å²) >= 11 is 0. The van der Waals surface area contributed by atoms with E-state index in [1.54, 1.807) is 0 Å². The highest BCUT2D eigenvalue weighted by Gasteiger charge is 2.40. The summed E-state index contributed by atoms with van der Waals surface area (Å²) in [5.41, 5.74) is 10.9. The van der Waals surface area contributed by atoms with Gasteiger partial charge in [0.1, 0.15) is 17.9 Å². The Kier molecular flexibility index (Phi) is 3.89. The van der Waals surface area contributed by atoms with Crippen molar-refractivity contribution in [1.29, 1.82) is 0 Å². The van der Waals surface area contributed by atoms with E-state index in [1.165, 1.54) is 44.8 Å². The smallest absolute Gasteiger partial charge is 0.195 e. The van der Waals surface area contributed by atoms with Crippen LogP contribution in [0, 0.1) is 41.5 Å². The molecule has 0 N–H and O–H groups in total. The summed E-state index contributed by atoms with van der Waals surface area (Å²) in [6, 6.07) is 9.20. The highest BCUT2D eigenvalue weighted by atomic mass is 15.4. The van der Waals surface area contributed by atoms with Crippen molar-refractivity contribution in [2.45, 2.75) is 41.5 Å². The third kappa shape index (κ3) is 2.51. The molecule has 0 unspecified atom stereocenters. The number of nitrogens with zero attached hydrogens (tertiary/aromatic N) is 2. The van der Waals surface area contributed by atoms with Crippen LogP contribution in [0.4, 0.5) is 11.4 Å². The summed E-state index contributed by atoms with van der Waals surface area (Å²) in [6.07, 6.45) is 2.16. The van der Waals surface area contributed by atoms with Gasteiger partial charge in [-0.3, -0.25) is 0 Å². The summed E-state index contributed by atoms with van der Waals surface area (Å²) in [4.78, 5) is 4.65. The molecule has 2 aromatic rings. The maximum atomic E-state index is 4.65. The van der Waals surface area contributed by atoms with Gasteiger partial charge in [-0.05, 0) is 41.5 Å². The molecule has 0 aromatic heterocycles. The Morgan fingerprint density at radius 1 is 0.696 bits per heavy atom. The third-order valence-electron chi connectivity index (χ3n) is 4.93. The Morgan fingerprint density at radius 2 is 1.09 bits per heavy atom. The Balaban J connectivity index is 2.35. The van der Waals surface area contributed by atoms with Crippen LogP contribution in [0.1, 0.15) is 33.4 Å². The van der Waals surface area contributed by atoms with E-state index in [4.69, 9.17) is 0 Å². The van der Waals surface area contributed by atoms with Crippen molar-refractivity contribution < 1.29 is 0 Å². The minimum Gasteiger partial charge on any atom is -0.235 e. The molecule has 0 atom stereocenters. The first-order chi connectivity index (χ1) is 10.8. The lowest BCUT2D eigenvalue weighted by Gasteiger charge is -2.34. The Hall–Kier alpha value is -1.93. The van der Waals surface area contributed by atoms with Gasteiger partial charge in [0.05, 0.1) is 6.54 Å². The summed E-state index contributed by atoms with van der Waals surface area (Å²) < 4.78 is 0.760. The summed E-state index contributed by atoms with van der Waals surface area (Å²) in [5, 5.41) is 0. The molecule has 1 heterocycles. The molecule has 3 rings (SSSR count). The average Bonchev–Trinajstić information content (AvgIpc) is 2.85. The van der Waals surface area contributed by atoms with Gasteiger partial charge in [-0.15, -0.1) is 0 Å². The van der Waals surface area contributed by atoms with Crippen LogP contribution < -0.4 is 4.48 Å². The molecule has 1 aliphatic heterocycles. The van der Waals surface area contributed by atoms with Gasteiger partial charge >= 0.3 is 0 Å². The molecule has 0 saturated carbocycles. The quantitative estimate of drug-likeness (QED) is 0.675. The van der Waals surface area contributed by atoms with Gasteiger partial charge in [-0.25, -0.2) is 9.48 Å². The van der Waals surface area contributed by atoms with Crippen molar-refractivity contribution in [3.05, 3.63) is 57.6 Å². The summed E-state index contributed by atoms with van der Waals surface area (Å²) in [5.74, 6) is 0. The van der Waals surface area contributed by atoms with E-state index in [9.17, 15) is 0 Å². The maximum absolute atomic E-state index is 4.65. The lowest BCUT2D eigenvalue weighted by molar-refractivity contribution is 0.598. The first kappa shape index (κ1) is 15.9. The molecule has 2 aromatic carbocycles. The number of hydrogen-bond acceptors (Lipinski definition) is 1. The van der Waals surface area contributed by atoms with Crippen molar-refractivity contribution in [2.24, 2.45) is 4.99 Å². The van der Waals surface area contributed by atoms with E-state index in [2.05, 4.69) is 77.1 Å². The second-order valence-corrected chi connectivity index (χ2v) is 7.11. The van der Waals surface area contributed by atoms with Crippen molar-refractivity contribution in [3.63, 3.8) is 0 Å². The number of benzene rings is 2. The average molecular weight is 307 g/mol. The molecule has 2 nitrogen and oxygen atoms in total. The van der Waals surface area contributed by atoms with Crippen molar-refractivity contribution in [2.75, 3.05) is 13.1 Å². The Bertz CT molecular complexity index is 696. The lowest BCUT2D eigenvalue weighted by Crippen LogP contribution is -2.43. The number of aliphatic imine (C=N–C) groups is 1. The maximum Gasteiger partial charge on any atom is 0.195 e. The molecule has 0 saturated heterocycles. The molecule has 0 aliphatic carbocycles. The number of hydrogen-bond donors (Lipinski definition) is 0. The second-order valence-electron chi connectivity index (χ2n) is 7.11. The Labute approximate surface area is 140 Å². The Morgan fingerprint density at radius 3 is 1.39 bits per heavy atom. The SMILES string of the molecule is Cc1cc(C)c([N+]2(c3c(C)cc(C)cc3C)C=NCC2)c(C)c1. The van der Waals surface area contributed by atoms with E-state index in [0.717, 1.165) is 17.6 Å². The van der Waals surface area contributed by atoms with Crippen LogP contribution in [0.5, 0.6) is 0 Å². The molecule has 0 amide bonds. The first-order valence-electron chi connectivity index (χ1n) is 8.41. The van der Waals surface area contributed by atoms with Crippen molar-refractivity contribution >= 4 is 17.7 Å². The van der Waals surface area contributed by atoms with Gasteiger partial charge in [0.2, 0.25) is 0 Å². The molecule has 0 fully saturated rings. The lowest BCUT2D eigenvalue weighted by atomic mass is 9.97. The molecule has 0 bridgehead atoms. The van der Waals surface area contributed by atoms with Gasteiger partial charge in [0.15, 0.2) is 6.34 Å². The van der Waals surface area contributed by atoms with Gasteiger partial charge in [-0.2, -0.15) is 0 Å². The fraction of sp³-hybridized carbons (Fsp3) is 0.381. The minimum atomic E-state index is 0.760. The number of aryl methyl sites for hydroxylation is 6. The van der Waals surface area contributed by atoms with Crippen LogP contribution in [-0.2, 0) is 0 Å². The van der Waals surface area contributed by atoms with Gasteiger partial charge in [-0.1, -0.05) is 35.4 Å². The molecule has 0 spiro atoms. The van der Waals surface area contributed by atoms with Gasteiger partial charge in [0.25, 0.3) is 0 Å². The van der Waals surface area contributed by atoms with E-state index in [-0.39, 0.29) is 0 Å². The van der Waals surface area contributed by atoms with Crippen molar-refractivity contribution in [1.82, 2.24) is 4.48 Å². The van der Waals surface area contributed by atoms with E-state index in [1.807, 2.05) is 0 Å². The first-order valence-corrected chi connectivity index (χ1v) is 8.41. The second kappa shape index (κ2) is 5.61. The van der Waals surface area contributed by atoms with Crippen molar-refractivity contribution in [3.8, 4) is 0 Å². The highest BCUT2D eigenvalue weighted by molar-refractivity contribution is 5.89. The summed E-state index contributed by atoms with van der Waals surface area (Å²) in [6.45, 7) is 15.2. The molecule has 1 aliphatic rings. The molecular weight excluding hydrogens is 280 g/mol. The fourth-order valence-corrected chi connectivity index (χ4v) is 4.52. The standard InChI is InChI=1S/C21H27N2/c1-14-9-16(3)20(17(4)10-14)23(8-7-22-13-23)21-18(5)11-15(2)12-19(21)6/h9-13H,7-8H2,1-6H3/q+1. The van der Waals surface area contributed by atoms with Gasteiger partial charge in [0, 0.05) is 22.3 Å². The predicted molar refractivity (Wildman–Crippen MR) is 101 cm³/mol. The predicted octanol–water partition coefficient (Wildman–Crippen LogP) is 5.22. The summed E-state index contributed by atoms with van der Waals surface area (Å²) in [7, 11) is 0. The zero-order chi connectivity index (χ0) is 16.8. The molecule has 120 valence electrons. The molecular formula is C21H27N2+. The van der Waals surface area contributed by atoms with Crippen LogP contribution >= 0.6 is 0 Å². The van der Waals surface area contributed by atoms with Crippen LogP contribution in [-0.4, -0.2) is 19.4 Å². The van der Waals surface area contributed by atoms with E-state index >= 15 is 0 Å². The third-order valence-corrected chi connectivity index (χ3v) is 4.93. The van der Waals surface area contributed by atoms with E-state index in [0.29, 0.717) is 0 Å². The topological polar surface area (TPSA) is 12.4 Å². The number of quaternary nitrogens is 1. The van der Waals surface area contributed by atoms with Crippen LogP contribution in [0.25, 0.3) is 0 Å². The molecule has 2 heteroatoms. The zero-order valence-corrected chi connectivity index (χ0v) is 15.2.